The standard InChI is InChI=1S/FHO3Si.Mg.Na.3H/c1-4-5(2)3;;;;;/h2H;;;;;/q;+2;+1;3*-1. The van der Waals surface area contributed by atoms with Crippen molar-refractivity contribution in [2.24, 2.45) is 0 Å². The molecular weight excluding hydrogens is 142 g/mol. The molecule has 0 aromatic rings. The number of halogens is 1. The maximum atomic E-state index is 10.1. The van der Waals surface area contributed by atoms with Gasteiger partial charge >= 0.3 is 61.8 Å². The van der Waals surface area contributed by atoms with Crippen LogP contribution in [0.4, 0.5) is 4.53 Å². The van der Waals surface area contributed by atoms with Crippen LogP contribution in [0.5, 0.6) is 0 Å². The molecular formula is H4FMgNaO3Si. The molecule has 36 valence electrons. The van der Waals surface area contributed by atoms with E-state index in [0.717, 1.165) is 0 Å². The van der Waals surface area contributed by atoms with Crippen molar-refractivity contribution >= 4 is 32.2 Å². The molecule has 0 aromatic carbocycles. The van der Waals surface area contributed by atoms with Crippen LogP contribution in [-0.2, 0) is 9.09 Å². The van der Waals surface area contributed by atoms with E-state index in [1.54, 1.807) is 0 Å². The van der Waals surface area contributed by atoms with Gasteiger partial charge in [-0.1, -0.05) is 0 Å². The van der Waals surface area contributed by atoms with Crippen molar-refractivity contribution in [3.63, 3.8) is 0 Å². The molecule has 0 aliphatic carbocycles. The molecule has 0 spiro atoms. The van der Waals surface area contributed by atoms with Crippen molar-refractivity contribution < 1.29 is 52.3 Å². The van der Waals surface area contributed by atoms with E-state index in [1.807, 2.05) is 0 Å². The van der Waals surface area contributed by atoms with E-state index >= 15 is 0 Å². The maximum Gasteiger partial charge on any atom is 2.00 e. The minimum atomic E-state index is -3.29. The van der Waals surface area contributed by atoms with E-state index in [1.165, 1.54) is 0 Å². The first kappa shape index (κ1) is 15.7. The molecule has 0 aliphatic heterocycles. The first-order chi connectivity index (χ1) is 2.27. The molecule has 0 heterocycles. The molecule has 0 fully saturated rings. The topological polar surface area (TPSA) is 46.5 Å². The second-order valence-corrected chi connectivity index (χ2v) is 1.03. The van der Waals surface area contributed by atoms with E-state index in [4.69, 9.17) is 9.26 Å². The smallest absolute Gasteiger partial charge is 1.00 e. The van der Waals surface area contributed by atoms with E-state index in [-0.39, 0.29) is 56.9 Å². The van der Waals surface area contributed by atoms with Crippen LogP contribution in [0.3, 0.4) is 0 Å². The van der Waals surface area contributed by atoms with Gasteiger partial charge in [-0.25, -0.2) is 0 Å². The fourth-order valence-corrected chi connectivity index (χ4v) is 0. The van der Waals surface area contributed by atoms with Gasteiger partial charge < -0.3 is 9.08 Å². The molecule has 1 N–H and O–H groups in total. The fourth-order valence-electron chi connectivity index (χ4n) is 0. The van der Waals surface area contributed by atoms with Crippen molar-refractivity contribution in [1.82, 2.24) is 0 Å². The molecule has 0 saturated heterocycles. The predicted octanol–water partition coefficient (Wildman–Crippen LogP) is -3.74. The van der Waals surface area contributed by atoms with Gasteiger partial charge in [0, 0.05) is 4.53 Å². The van der Waals surface area contributed by atoms with Crippen LogP contribution < -0.4 is 29.6 Å². The van der Waals surface area contributed by atoms with E-state index in [0.29, 0.717) is 0 Å². The van der Waals surface area contributed by atoms with Crippen LogP contribution in [0.1, 0.15) is 4.28 Å². The first-order valence-corrected chi connectivity index (χ1v) is 2.05. The Bertz CT molecular complexity index is 59.0. The molecule has 0 aliphatic rings. The van der Waals surface area contributed by atoms with Crippen molar-refractivity contribution in [2.75, 3.05) is 0 Å². The second-order valence-electron chi connectivity index (χ2n) is 0.343. The summed E-state index contributed by atoms with van der Waals surface area (Å²) in [4.78, 5) is 7.31. The average Bonchev–Trinajstić information content (AvgIpc) is 1.38. The van der Waals surface area contributed by atoms with Gasteiger partial charge in [0.1, 0.15) is 0 Å². The molecule has 3 nitrogen and oxygen atoms in total. The Kier molecular flexibility index (Phi) is 23.2. The minimum Gasteiger partial charge on any atom is -1.00 e. The van der Waals surface area contributed by atoms with Crippen LogP contribution in [0.25, 0.3) is 0 Å². The van der Waals surface area contributed by atoms with Crippen LogP contribution in [-0.4, -0.2) is 37.0 Å². The zero-order chi connectivity index (χ0) is 4.28. The summed E-state index contributed by atoms with van der Waals surface area (Å²) in [5.41, 5.74) is 0. The van der Waals surface area contributed by atoms with Gasteiger partial charge in [0.15, 0.2) is 0 Å². The zero-order valence-corrected chi connectivity index (χ0v) is 8.26. The summed E-state index contributed by atoms with van der Waals surface area (Å²) in [6.45, 7) is 0. The molecule has 0 radical (unpaired) electrons. The van der Waals surface area contributed by atoms with Gasteiger partial charge in [0.25, 0.3) is 0 Å². The third-order valence-electron chi connectivity index (χ3n) is 0.0660. The van der Waals surface area contributed by atoms with Gasteiger partial charge in [0.2, 0.25) is 0 Å². The first-order valence-electron chi connectivity index (χ1n) is 0.786. The quantitative estimate of drug-likeness (QED) is 0.387. The molecule has 0 aromatic heterocycles. The minimum absolute atomic E-state index is 0. The Hall–Kier alpha value is 1.31. The fraction of sp³-hybridized carbons (Fsp3) is 0. The SMILES string of the molecule is O=[Si](O)OF.[H-].[H-].[H-].[Mg+2].[Na+]. The molecule has 0 saturated carbocycles. The van der Waals surface area contributed by atoms with Gasteiger partial charge in [-0.15, -0.1) is 0 Å². The Morgan fingerprint density at radius 3 is 2.00 bits per heavy atom. The monoisotopic (exact) mass is 146 g/mol. The van der Waals surface area contributed by atoms with Crippen molar-refractivity contribution in [3.8, 4) is 0 Å². The van der Waals surface area contributed by atoms with E-state index in [9.17, 15) is 4.53 Å². The normalized spacial score (nSPS) is 4.71. The third kappa shape index (κ3) is 18.8. The molecule has 0 bridgehead atoms. The summed E-state index contributed by atoms with van der Waals surface area (Å²) in [5, 5.41) is 0. The number of hydrogen-bond acceptors (Lipinski definition) is 2. The Morgan fingerprint density at radius 1 is 1.86 bits per heavy atom. The zero-order valence-electron chi connectivity index (χ0n) is 6.85. The summed E-state index contributed by atoms with van der Waals surface area (Å²) < 4.78 is 21.4. The van der Waals surface area contributed by atoms with Crippen LogP contribution >= 0.6 is 0 Å². The van der Waals surface area contributed by atoms with Gasteiger partial charge in [0.05, 0.1) is 0 Å². The Balaban J connectivity index is -0.00000000800. The second kappa shape index (κ2) is 10.3. The molecule has 0 unspecified atom stereocenters. The number of hydrogen-bond donors (Lipinski definition) is 1. The van der Waals surface area contributed by atoms with Crippen molar-refractivity contribution in [1.29, 1.82) is 0 Å². The third-order valence-corrected chi connectivity index (χ3v) is 0.198. The molecule has 0 rings (SSSR count). The van der Waals surface area contributed by atoms with Crippen molar-refractivity contribution in [2.45, 2.75) is 0 Å². The van der Waals surface area contributed by atoms with Crippen molar-refractivity contribution in [3.05, 3.63) is 0 Å². The Morgan fingerprint density at radius 2 is 2.00 bits per heavy atom. The number of rotatable bonds is 1. The summed E-state index contributed by atoms with van der Waals surface area (Å²) >= 11 is 0. The van der Waals surface area contributed by atoms with E-state index in [2.05, 4.69) is 4.63 Å². The largest absolute Gasteiger partial charge is 2.00 e. The van der Waals surface area contributed by atoms with Gasteiger partial charge in [-0.3, -0.25) is 9.09 Å². The molecule has 0 amide bonds. The van der Waals surface area contributed by atoms with Crippen LogP contribution in [0, 0.1) is 0 Å². The summed E-state index contributed by atoms with van der Waals surface area (Å²) in [5.74, 6) is 0. The molecule has 0 atom stereocenters. The molecule has 7 heavy (non-hydrogen) atoms. The van der Waals surface area contributed by atoms with Crippen LogP contribution in [0.15, 0.2) is 0 Å². The average molecular weight is 146 g/mol. The predicted molar refractivity (Wildman–Crippen MR) is 19.9 cm³/mol. The summed E-state index contributed by atoms with van der Waals surface area (Å²) in [7, 11) is -3.29. The molecule has 7 heteroatoms. The van der Waals surface area contributed by atoms with E-state index < -0.39 is 9.17 Å². The summed E-state index contributed by atoms with van der Waals surface area (Å²) in [6.07, 6.45) is 0. The van der Waals surface area contributed by atoms with Gasteiger partial charge in [-0.05, 0) is 0 Å². The summed E-state index contributed by atoms with van der Waals surface area (Å²) in [6, 6.07) is 0. The maximum absolute atomic E-state index is 10.1. The Labute approximate surface area is 83.9 Å². The van der Waals surface area contributed by atoms with Crippen LogP contribution in [0.2, 0.25) is 0 Å². The van der Waals surface area contributed by atoms with Gasteiger partial charge in [-0.2, -0.15) is 0 Å².